The Balaban J connectivity index is 0.00000144. The Hall–Kier alpha value is -1.06. The first kappa shape index (κ1) is 14.0. The van der Waals surface area contributed by atoms with Crippen molar-refractivity contribution in [1.29, 1.82) is 0 Å². The number of benzene rings is 1. The topological polar surface area (TPSA) is 38.3 Å². The number of esters is 1. The van der Waals surface area contributed by atoms with Crippen molar-refractivity contribution in [1.82, 2.24) is 5.32 Å². The van der Waals surface area contributed by atoms with Gasteiger partial charge >= 0.3 is 5.97 Å². The van der Waals surface area contributed by atoms with E-state index < -0.39 is 0 Å². The molecule has 0 spiro atoms. The lowest BCUT2D eigenvalue weighted by atomic mass is 9.87. The fourth-order valence-electron chi connectivity index (χ4n) is 2.28. The van der Waals surface area contributed by atoms with Crippen molar-refractivity contribution >= 4 is 18.4 Å². The third-order valence-electron chi connectivity index (χ3n) is 3.15. The molecule has 0 saturated carbocycles. The van der Waals surface area contributed by atoms with Crippen LogP contribution in [0.5, 0.6) is 0 Å². The number of carbonyl (C=O) groups is 1. The first-order valence-corrected chi connectivity index (χ1v) is 5.71. The molecule has 1 heterocycles. The molecule has 2 rings (SSSR count). The highest BCUT2D eigenvalue weighted by molar-refractivity contribution is 5.91. The van der Waals surface area contributed by atoms with E-state index in [2.05, 4.69) is 5.32 Å². The highest BCUT2D eigenvalue weighted by Crippen LogP contribution is 2.28. The zero-order valence-corrected chi connectivity index (χ0v) is 10.8. The van der Waals surface area contributed by atoms with Gasteiger partial charge in [-0.2, -0.15) is 0 Å². The van der Waals surface area contributed by atoms with Gasteiger partial charge in [-0.3, -0.25) is 0 Å². The van der Waals surface area contributed by atoms with Gasteiger partial charge in [0.25, 0.3) is 0 Å². The minimum Gasteiger partial charge on any atom is -0.465 e. The Labute approximate surface area is 108 Å². The summed E-state index contributed by atoms with van der Waals surface area (Å²) in [6.07, 6.45) is 2.18. The van der Waals surface area contributed by atoms with Crippen molar-refractivity contribution in [3.63, 3.8) is 0 Å². The number of methoxy groups -OCH3 is 1. The molecule has 1 aliphatic heterocycles. The second-order valence-corrected chi connectivity index (χ2v) is 4.10. The molecule has 94 valence electrons. The molecule has 0 amide bonds. The van der Waals surface area contributed by atoms with Crippen LogP contribution in [-0.2, 0) is 4.74 Å². The minimum absolute atomic E-state index is 0. The summed E-state index contributed by atoms with van der Waals surface area (Å²) in [6, 6.07) is 7.77. The van der Waals surface area contributed by atoms with Crippen molar-refractivity contribution < 1.29 is 9.53 Å². The molecule has 1 aromatic rings. The van der Waals surface area contributed by atoms with Crippen LogP contribution in [0.25, 0.3) is 0 Å². The van der Waals surface area contributed by atoms with E-state index in [1.165, 1.54) is 7.11 Å². The summed E-state index contributed by atoms with van der Waals surface area (Å²) >= 11 is 0. The molecule has 1 fully saturated rings. The Morgan fingerprint density at radius 2 is 1.94 bits per heavy atom. The SMILES string of the molecule is COC(=O)c1ccccc1C1CCNCC1.Cl. The number of ether oxygens (including phenoxy) is 1. The molecule has 0 aromatic heterocycles. The Kier molecular flexibility index (Phi) is 5.45. The number of nitrogens with one attached hydrogen (secondary N) is 1. The number of halogens is 1. The van der Waals surface area contributed by atoms with Gasteiger partial charge in [-0.15, -0.1) is 12.4 Å². The maximum absolute atomic E-state index is 11.6. The molecule has 1 aliphatic rings. The van der Waals surface area contributed by atoms with Crippen molar-refractivity contribution in [3.05, 3.63) is 35.4 Å². The predicted octanol–water partition coefficient (Wildman–Crippen LogP) is 2.36. The molecular formula is C13H18ClNO2. The molecule has 0 bridgehead atoms. The zero-order valence-electron chi connectivity index (χ0n) is 9.94. The van der Waals surface area contributed by atoms with E-state index in [9.17, 15) is 4.79 Å². The molecule has 1 aromatic carbocycles. The number of piperidine rings is 1. The largest absolute Gasteiger partial charge is 0.465 e. The van der Waals surface area contributed by atoms with Crippen LogP contribution in [0.15, 0.2) is 24.3 Å². The van der Waals surface area contributed by atoms with Crippen LogP contribution >= 0.6 is 12.4 Å². The van der Waals surface area contributed by atoms with Crippen LogP contribution < -0.4 is 5.32 Å². The Morgan fingerprint density at radius 1 is 1.29 bits per heavy atom. The first-order chi connectivity index (χ1) is 7.83. The lowest BCUT2D eigenvalue weighted by molar-refractivity contribution is 0.0598. The van der Waals surface area contributed by atoms with Gasteiger partial charge in [-0.05, 0) is 43.5 Å². The molecule has 0 aliphatic carbocycles. The second-order valence-electron chi connectivity index (χ2n) is 4.10. The van der Waals surface area contributed by atoms with E-state index in [0.717, 1.165) is 37.1 Å². The average molecular weight is 256 g/mol. The highest BCUT2D eigenvalue weighted by Gasteiger charge is 2.20. The average Bonchev–Trinajstić information content (AvgIpc) is 2.39. The van der Waals surface area contributed by atoms with Crippen LogP contribution in [0.3, 0.4) is 0 Å². The van der Waals surface area contributed by atoms with Crippen molar-refractivity contribution in [2.24, 2.45) is 0 Å². The fraction of sp³-hybridized carbons (Fsp3) is 0.462. The minimum atomic E-state index is -0.228. The van der Waals surface area contributed by atoms with Crippen molar-refractivity contribution in [3.8, 4) is 0 Å². The lowest BCUT2D eigenvalue weighted by Gasteiger charge is -2.24. The van der Waals surface area contributed by atoms with Gasteiger partial charge in [0.05, 0.1) is 12.7 Å². The van der Waals surface area contributed by atoms with Gasteiger partial charge in [0, 0.05) is 0 Å². The highest BCUT2D eigenvalue weighted by atomic mass is 35.5. The zero-order chi connectivity index (χ0) is 11.4. The van der Waals surface area contributed by atoms with Crippen molar-refractivity contribution in [2.45, 2.75) is 18.8 Å². The Morgan fingerprint density at radius 3 is 2.59 bits per heavy atom. The smallest absolute Gasteiger partial charge is 0.338 e. The Bertz CT molecular complexity index is 375. The van der Waals surface area contributed by atoms with Gasteiger partial charge in [0.15, 0.2) is 0 Å². The van der Waals surface area contributed by atoms with Crippen LogP contribution in [0.4, 0.5) is 0 Å². The molecule has 1 N–H and O–H groups in total. The number of hydrogen-bond donors (Lipinski definition) is 1. The van der Waals surface area contributed by atoms with Gasteiger partial charge in [0.2, 0.25) is 0 Å². The summed E-state index contributed by atoms with van der Waals surface area (Å²) < 4.78 is 4.81. The first-order valence-electron chi connectivity index (χ1n) is 5.71. The van der Waals surface area contributed by atoms with E-state index in [1.807, 2.05) is 24.3 Å². The summed E-state index contributed by atoms with van der Waals surface area (Å²) in [7, 11) is 1.43. The van der Waals surface area contributed by atoms with Crippen LogP contribution in [-0.4, -0.2) is 26.2 Å². The summed E-state index contributed by atoms with van der Waals surface area (Å²) in [4.78, 5) is 11.6. The molecule has 0 radical (unpaired) electrons. The van der Waals surface area contributed by atoms with Gasteiger partial charge in [-0.1, -0.05) is 18.2 Å². The van der Waals surface area contributed by atoms with Gasteiger partial charge in [0.1, 0.15) is 0 Å². The van der Waals surface area contributed by atoms with E-state index in [4.69, 9.17) is 4.74 Å². The number of rotatable bonds is 2. The number of hydrogen-bond acceptors (Lipinski definition) is 3. The van der Waals surface area contributed by atoms with Crippen LogP contribution in [0.1, 0.15) is 34.7 Å². The van der Waals surface area contributed by atoms with E-state index >= 15 is 0 Å². The molecule has 4 heteroatoms. The maximum Gasteiger partial charge on any atom is 0.338 e. The fourth-order valence-corrected chi connectivity index (χ4v) is 2.28. The molecule has 0 unspecified atom stereocenters. The normalized spacial score (nSPS) is 16.1. The third kappa shape index (κ3) is 3.20. The lowest BCUT2D eigenvalue weighted by Crippen LogP contribution is -2.27. The second kappa shape index (κ2) is 6.62. The monoisotopic (exact) mass is 255 g/mol. The van der Waals surface area contributed by atoms with Gasteiger partial charge < -0.3 is 10.1 Å². The predicted molar refractivity (Wildman–Crippen MR) is 69.9 cm³/mol. The molecule has 0 atom stereocenters. The molecule has 3 nitrogen and oxygen atoms in total. The summed E-state index contributed by atoms with van der Waals surface area (Å²) in [5.41, 5.74) is 1.85. The maximum atomic E-state index is 11.6. The molecular weight excluding hydrogens is 238 g/mol. The summed E-state index contributed by atoms with van der Waals surface area (Å²) in [5, 5.41) is 3.33. The van der Waals surface area contributed by atoms with Crippen LogP contribution in [0, 0.1) is 0 Å². The van der Waals surface area contributed by atoms with E-state index in [-0.39, 0.29) is 18.4 Å². The summed E-state index contributed by atoms with van der Waals surface area (Å²) in [6.45, 7) is 2.06. The van der Waals surface area contributed by atoms with Crippen molar-refractivity contribution in [2.75, 3.05) is 20.2 Å². The van der Waals surface area contributed by atoms with Gasteiger partial charge in [-0.25, -0.2) is 4.79 Å². The quantitative estimate of drug-likeness (QED) is 0.825. The molecule has 1 saturated heterocycles. The standard InChI is InChI=1S/C13H17NO2.ClH/c1-16-13(15)12-5-3-2-4-11(12)10-6-8-14-9-7-10;/h2-5,10,14H,6-9H2,1H3;1H. The van der Waals surface area contributed by atoms with E-state index in [1.54, 1.807) is 0 Å². The molecule has 17 heavy (non-hydrogen) atoms. The number of carbonyl (C=O) groups excluding carboxylic acids is 1. The van der Waals surface area contributed by atoms with E-state index in [0.29, 0.717) is 5.92 Å². The third-order valence-corrected chi connectivity index (χ3v) is 3.15. The summed E-state index contributed by atoms with van der Waals surface area (Å²) in [5.74, 6) is 0.255. The van der Waals surface area contributed by atoms with Crippen LogP contribution in [0.2, 0.25) is 0 Å².